The quantitative estimate of drug-likeness (QED) is 0.715. The standard InChI is InChI=1S/C20H22N2O4/c1-4-11-21-20(24)15-7-5-6-8-16(15)22-19(23)13-26-17-10-9-14(2)12-18(17)25-3/h4-10,12H,1,11,13H2,2-3H3,(H,21,24)(H,22,23). The molecule has 0 atom stereocenters. The number of rotatable bonds is 8. The molecule has 0 aromatic heterocycles. The maximum atomic E-state index is 12.2. The molecule has 26 heavy (non-hydrogen) atoms. The largest absolute Gasteiger partial charge is 0.493 e. The molecular weight excluding hydrogens is 332 g/mol. The highest BCUT2D eigenvalue weighted by molar-refractivity contribution is 6.04. The van der Waals surface area contributed by atoms with Gasteiger partial charge in [-0.1, -0.05) is 24.3 Å². The smallest absolute Gasteiger partial charge is 0.262 e. The van der Waals surface area contributed by atoms with Gasteiger partial charge in [0.1, 0.15) is 0 Å². The van der Waals surface area contributed by atoms with Crippen molar-refractivity contribution in [2.45, 2.75) is 6.92 Å². The Hall–Kier alpha value is -3.28. The second-order valence-corrected chi connectivity index (χ2v) is 5.54. The number of ether oxygens (including phenoxy) is 2. The Kier molecular flexibility index (Phi) is 6.79. The van der Waals surface area contributed by atoms with Gasteiger partial charge >= 0.3 is 0 Å². The van der Waals surface area contributed by atoms with Gasteiger partial charge in [-0.15, -0.1) is 6.58 Å². The minimum absolute atomic E-state index is 0.206. The van der Waals surface area contributed by atoms with Crippen molar-refractivity contribution in [1.82, 2.24) is 5.32 Å². The molecule has 0 spiro atoms. The van der Waals surface area contributed by atoms with Crippen molar-refractivity contribution >= 4 is 17.5 Å². The molecular formula is C20H22N2O4. The summed E-state index contributed by atoms with van der Waals surface area (Å²) in [6.45, 7) is 5.63. The van der Waals surface area contributed by atoms with E-state index in [2.05, 4.69) is 17.2 Å². The molecule has 2 N–H and O–H groups in total. The predicted molar refractivity (Wildman–Crippen MR) is 101 cm³/mol. The lowest BCUT2D eigenvalue weighted by molar-refractivity contribution is -0.118. The number of benzene rings is 2. The molecule has 2 aromatic rings. The van der Waals surface area contributed by atoms with E-state index in [0.717, 1.165) is 5.56 Å². The van der Waals surface area contributed by atoms with Crippen molar-refractivity contribution in [3.63, 3.8) is 0 Å². The molecule has 136 valence electrons. The molecule has 0 saturated carbocycles. The fourth-order valence-corrected chi connectivity index (χ4v) is 2.27. The van der Waals surface area contributed by atoms with E-state index in [1.54, 1.807) is 43.5 Å². The first-order valence-electron chi connectivity index (χ1n) is 8.10. The Labute approximate surface area is 152 Å². The number of carbonyl (C=O) groups is 2. The topological polar surface area (TPSA) is 76.7 Å². The van der Waals surface area contributed by atoms with Gasteiger partial charge in [0, 0.05) is 6.54 Å². The monoisotopic (exact) mass is 354 g/mol. The van der Waals surface area contributed by atoms with Gasteiger partial charge in [-0.05, 0) is 36.8 Å². The maximum absolute atomic E-state index is 12.2. The molecule has 0 unspecified atom stereocenters. The van der Waals surface area contributed by atoms with Crippen LogP contribution in [0.25, 0.3) is 0 Å². The van der Waals surface area contributed by atoms with Crippen molar-refractivity contribution in [1.29, 1.82) is 0 Å². The van der Waals surface area contributed by atoms with Crippen LogP contribution >= 0.6 is 0 Å². The maximum Gasteiger partial charge on any atom is 0.262 e. The van der Waals surface area contributed by atoms with E-state index in [4.69, 9.17) is 9.47 Å². The zero-order chi connectivity index (χ0) is 18.9. The Morgan fingerprint density at radius 2 is 1.92 bits per heavy atom. The lowest BCUT2D eigenvalue weighted by atomic mass is 10.1. The summed E-state index contributed by atoms with van der Waals surface area (Å²) < 4.78 is 10.8. The van der Waals surface area contributed by atoms with Gasteiger partial charge in [0.25, 0.3) is 11.8 Å². The van der Waals surface area contributed by atoms with E-state index in [-0.39, 0.29) is 18.4 Å². The van der Waals surface area contributed by atoms with Crippen molar-refractivity contribution in [3.8, 4) is 11.5 Å². The zero-order valence-corrected chi connectivity index (χ0v) is 14.9. The molecule has 0 aliphatic rings. The molecule has 0 radical (unpaired) electrons. The summed E-state index contributed by atoms with van der Waals surface area (Å²) in [5.41, 5.74) is 1.81. The highest BCUT2D eigenvalue weighted by Crippen LogP contribution is 2.27. The Bertz CT molecular complexity index is 802. The van der Waals surface area contributed by atoms with Gasteiger partial charge in [0.05, 0.1) is 18.4 Å². The number of methoxy groups -OCH3 is 1. The summed E-state index contributed by atoms with van der Waals surface area (Å²) in [4.78, 5) is 24.4. The number of carbonyl (C=O) groups excluding carboxylic acids is 2. The van der Waals surface area contributed by atoms with Gasteiger partial charge in [0.2, 0.25) is 0 Å². The molecule has 0 heterocycles. The number of nitrogens with one attached hydrogen (secondary N) is 2. The van der Waals surface area contributed by atoms with Crippen LogP contribution in [-0.2, 0) is 4.79 Å². The SMILES string of the molecule is C=CCNC(=O)c1ccccc1NC(=O)COc1ccc(C)cc1OC. The molecule has 0 saturated heterocycles. The molecule has 2 rings (SSSR count). The van der Waals surface area contributed by atoms with Crippen LogP contribution in [0.15, 0.2) is 55.1 Å². The number of para-hydroxylation sites is 1. The van der Waals surface area contributed by atoms with Crippen molar-refractivity contribution in [2.24, 2.45) is 0 Å². The third kappa shape index (κ3) is 5.11. The number of hydrogen-bond donors (Lipinski definition) is 2. The van der Waals surface area contributed by atoms with E-state index in [1.165, 1.54) is 0 Å². The second kappa shape index (κ2) is 9.27. The van der Waals surface area contributed by atoms with E-state index < -0.39 is 0 Å². The zero-order valence-electron chi connectivity index (χ0n) is 14.9. The van der Waals surface area contributed by atoms with Gasteiger partial charge in [-0.2, -0.15) is 0 Å². The van der Waals surface area contributed by atoms with Crippen LogP contribution < -0.4 is 20.1 Å². The van der Waals surface area contributed by atoms with E-state index in [9.17, 15) is 9.59 Å². The van der Waals surface area contributed by atoms with Crippen molar-refractivity contribution in [3.05, 3.63) is 66.2 Å². The van der Waals surface area contributed by atoms with Crippen LogP contribution in [-0.4, -0.2) is 32.1 Å². The third-order valence-electron chi connectivity index (χ3n) is 3.53. The lowest BCUT2D eigenvalue weighted by Gasteiger charge is -2.13. The molecule has 2 aromatic carbocycles. The fourth-order valence-electron chi connectivity index (χ4n) is 2.27. The van der Waals surface area contributed by atoms with Gasteiger partial charge < -0.3 is 20.1 Å². The average Bonchev–Trinajstić information content (AvgIpc) is 2.65. The first-order valence-corrected chi connectivity index (χ1v) is 8.10. The molecule has 0 aliphatic carbocycles. The molecule has 6 heteroatoms. The third-order valence-corrected chi connectivity index (χ3v) is 3.53. The summed E-state index contributed by atoms with van der Waals surface area (Å²) in [5, 5.41) is 5.38. The van der Waals surface area contributed by atoms with E-state index in [0.29, 0.717) is 29.3 Å². The van der Waals surface area contributed by atoms with Crippen molar-refractivity contribution < 1.29 is 19.1 Å². The second-order valence-electron chi connectivity index (χ2n) is 5.54. The first-order chi connectivity index (χ1) is 12.5. The Morgan fingerprint density at radius 1 is 1.15 bits per heavy atom. The van der Waals surface area contributed by atoms with Crippen LogP contribution in [0, 0.1) is 6.92 Å². The van der Waals surface area contributed by atoms with Gasteiger partial charge in [0.15, 0.2) is 18.1 Å². The minimum Gasteiger partial charge on any atom is -0.493 e. The molecule has 0 aliphatic heterocycles. The summed E-state index contributed by atoms with van der Waals surface area (Å²) in [6.07, 6.45) is 1.59. The van der Waals surface area contributed by atoms with Crippen LogP contribution in [0.1, 0.15) is 15.9 Å². The summed E-state index contributed by atoms with van der Waals surface area (Å²) >= 11 is 0. The predicted octanol–water partition coefficient (Wildman–Crippen LogP) is 2.94. The molecule has 0 bridgehead atoms. The average molecular weight is 354 g/mol. The number of aryl methyl sites for hydroxylation is 1. The van der Waals surface area contributed by atoms with Crippen LogP contribution in [0.4, 0.5) is 5.69 Å². The van der Waals surface area contributed by atoms with Crippen LogP contribution in [0.3, 0.4) is 0 Å². The van der Waals surface area contributed by atoms with Crippen LogP contribution in [0.2, 0.25) is 0 Å². The first kappa shape index (κ1) is 19.1. The van der Waals surface area contributed by atoms with Crippen LogP contribution in [0.5, 0.6) is 11.5 Å². The molecule has 2 amide bonds. The summed E-state index contributed by atoms with van der Waals surface area (Å²) in [6, 6.07) is 12.2. The fraction of sp³-hybridized carbons (Fsp3) is 0.200. The minimum atomic E-state index is -0.378. The number of anilines is 1. The highest BCUT2D eigenvalue weighted by atomic mass is 16.5. The van der Waals surface area contributed by atoms with Crippen molar-refractivity contribution in [2.75, 3.05) is 25.6 Å². The highest BCUT2D eigenvalue weighted by Gasteiger charge is 2.13. The van der Waals surface area contributed by atoms with E-state index >= 15 is 0 Å². The van der Waals surface area contributed by atoms with E-state index in [1.807, 2.05) is 19.1 Å². The van der Waals surface area contributed by atoms with Gasteiger partial charge in [-0.3, -0.25) is 9.59 Å². The Morgan fingerprint density at radius 3 is 2.65 bits per heavy atom. The number of amides is 2. The summed E-state index contributed by atoms with van der Waals surface area (Å²) in [7, 11) is 1.54. The Balaban J connectivity index is 2.02. The lowest BCUT2D eigenvalue weighted by Crippen LogP contribution is -2.26. The van der Waals surface area contributed by atoms with Gasteiger partial charge in [-0.25, -0.2) is 0 Å². The molecule has 6 nitrogen and oxygen atoms in total. The summed E-state index contributed by atoms with van der Waals surface area (Å²) in [5.74, 6) is 0.366. The molecule has 0 fully saturated rings. The number of hydrogen-bond acceptors (Lipinski definition) is 4. The normalized spacial score (nSPS) is 9.92.